The maximum atomic E-state index is 10.9. The lowest BCUT2D eigenvalue weighted by Gasteiger charge is -2.17. The molecule has 1 rings (SSSR count). The Labute approximate surface area is 78.8 Å². The molecule has 1 aromatic rings. The molecule has 0 atom stereocenters. The molecule has 0 aliphatic carbocycles. The van der Waals surface area contributed by atoms with Crippen molar-refractivity contribution in [2.24, 2.45) is 7.05 Å². The molecule has 0 saturated heterocycles. The highest BCUT2D eigenvalue weighted by molar-refractivity contribution is 5.68. The maximum absolute atomic E-state index is 10.9. The van der Waals surface area contributed by atoms with E-state index >= 15 is 0 Å². The van der Waals surface area contributed by atoms with E-state index in [9.17, 15) is 4.79 Å². The zero-order valence-corrected chi connectivity index (χ0v) is 8.88. The maximum Gasteiger partial charge on any atom is 0.130 e. The average molecular weight is 180 g/mol. The van der Waals surface area contributed by atoms with E-state index in [4.69, 9.17) is 0 Å². The zero-order chi connectivity index (χ0) is 10.2. The molecule has 0 N–H and O–H groups in total. The van der Waals surface area contributed by atoms with Crippen molar-refractivity contribution in [3.05, 3.63) is 17.0 Å². The summed E-state index contributed by atoms with van der Waals surface area (Å²) in [6.07, 6.45) is 0.976. The topological polar surface area (TPSA) is 34.9 Å². The van der Waals surface area contributed by atoms with Crippen LogP contribution < -0.4 is 0 Å². The molecule has 72 valence electrons. The highest BCUT2D eigenvalue weighted by atomic mass is 16.1. The van der Waals surface area contributed by atoms with E-state index in [1.54, 1.807) is 0 Å². The number of aryl methyl sites for hydroxylation is 2. The third-order valence-corrected chi connectivity index (χ3v) is 2.45. The number of aromatic nitrogens is 2. The van der Waals surface area contributed by atoms with E-state index in [0.29, 0.717) is 0 Å². The van der Waals surface area contributed by atoms with Crippen LogP contribution in [0.15, 0.2) is 0 Å². The van der Waals surface area contributed by atoms with Gasteiger partial charge in [-0.1, -0.05) is 0 Å². The molecule has 0 aliphatic heterocycles. The van der Waals surface area contributed by atoms with Crippen LogP contribution in [0.4, 0.5) is 0 Å². The molecule has 1 aromatic heterocycles. The summed E-state index contributed by atoms with van der Waals surface area (Å²) in [6, 6.07) is 0. The van der Waals surface area contributed by atoms with Crippen LogP contribution in [0.1, 0.15) is 30.8 Å². The van der Waals surface area contributed by atoms with Crippen molar-refractivity contribution in [1.29, 1.82) is 0 Å². The van der Waals surface area contributed by atoms with Crippen molar-refractivity contribution in [3.8, 4) is 0 Å². The van der Waals surface area contributed by atoms with Gasteiger partial charge in [0.15, 0.2) is 0 Å². The number of hydrogen-bond donors (Lipinski definition) is 0. The Hall–Kier alpha value is -1.12. The van der Waals surface area contributed by atoms with Gasteiger partial charge in [-0.2, -0.15) is 5.10 Å². The molecule has 0 radical (unpaired) electrons. The van der Waals surface area contributed by atoms with E-state index < -0.39 is 5.41 Å². The fourth-order valence-electron chi connectivity index (χ4n) is 1.77. The second kappa shape index (κ2) is 2.98. The number of hydrogen-bond acceptors (Lipinski definition) is 2. The minimum Gasteiger partial charge on any atom is -0.302 e. The summed E-state index contributed by atoms with van der Waals surface area (Å²) in [5.41, 5.74) is 2.62. The van der Waals surface area contributed by atoms with Crippen molar-refractivity contribution in [2.75, 3.05) is 0 Å². The molecule has 0 bridgehead atoms. The van der Waals surface area contributed by atoms with Gasteiger partial charge in [0.05, 0.1) is 5.69 Å². The number of carbonyl (C=O) groups is 1. The molecule has 13 heavy (non-hydrogen) atoms. The van der Waals surface area contributed by atoms with E-state index in [0.717, 1.165) is 23.2 Å². The Morgan fingerprint density at radius 1 is 1.38 bits per heavy atom. The lowest BCUT2D eigenvalue weighted by Crippen LogP contribution is -2.20. The van der Waals surface area contributed by atoms with E-state index in [1.165, 1.54) is 0 Å². The second-order valence-corrected chi connectivity index (χ2v) is 4.01. The van der Waals surface area contributed by atoms with Gasteiger partial charge in [-0.3, -0.25) is 4.68 Å². The smallest absolute Gasteiger partial charge is 0.130 e. The van der Waals surface area contributed by atoms with Crippen LogP contribution in [0.25, 0.3) is 0 Å². The lowest BCUT2D eigenvalue weighted by molar-refractivity contribution is -0.111. The van der Waals surface area contributed by atoms with Crippen molar-refractivity contribution in [3.63, 3.8) is 0 Å². The Morgan fingerprint density at radius 2 is 1.92 bits per heavy atom. The Balaban J connectivity index is 3.36. The third-order valence-electron chi connectivity index (χ3n) is 2.45. The summed E-state index contributed by atoms with van der Waals surface area (Å²) in [6.45, 7) is 7.75. The zero-order valence-electron chi connectivity index (χ0n) is 8.88. The van der Waals surface area contributed by atoms with Gasteiger partial charge < -0.3 is 4.79 Å². The molecule has 3 nitrogen and oxygen atoms in total. The second-order valence-electron chi connectivity index (χ2n) is 4.01. The van der Waals surface area contributed by atoms with Crippen LogP contribution >= 0.6 is 0 Å². The first-order chi connectivity index (χ1) is 5.90. The molecular weight excluding hydrogens is 164 g/mol. The third kappa shape index (κ3) is 1.50. The number of nitrogens with zero attached hydrogens (tertiary/aromatic N) is 2. The predicted molar refractivity (Wildman–Crippen MR) is 51.8 cm³/mol. The van der Waals surface area contributed by atoms with Gasteiger partial charge in [0, 0.05) is 23.7 Å². The van der Waals surface area contributed by atoms with Gasteiger partial charge in [0.2, 0.25) is 0 Å². The molecular formula is C10H16N2O. The van der Waals surface area contributed by atoms with Crippen LogP contribution in [-0.2, 0) is 17.3 Å². The van der Waals surface area contributed by atoms with Gasteiger partial charge in [0.25, 0.3) is 0 Å². The Morgan fingerprint density at radius 3 is 2.23 bits per heavy atom. The van der Waals surface area contributed by atoms with Crippen molar-refractivity contribution >= 4 is 6.29 Å². The SMILES string of the molecule is Cc1nn(C)c(C)c1C(C)(C)C=O. The fraction of sp³-hybridized carbons (Fsp3) is 0.600. The first-order valence-corrected chi connectivity index (χ1v) is 4.37. The fourth-order valence-corrected chi connectivity index (χ4v) is 1.77. The van der Waals surface area contributed by atoms with Crippen LogP contribution in [-0.4, -0.2) is 16.1 Å². The van der Waals surface area contributed by atoms with Gasteiger partial charge in [-0.05, 0) is 27.7 Å². The summed E-state index contributed by atoms with van der Waals surface area (Å²) in [5, 5.41) is 4.28. The molecule has 3 heteroatoms. The van der Waals surface area contributed by atoms with Crippen molar-refractivity contribution in [1.82, 2.24) is 9.78 Å². The number of carbonyl (C=O) groups excluding carboxylic acids is 1. The summed E-state index contributed by atoms with van der Waals surface area (Å²) in [5.74, 6) is 0. The Bertz CT molecular complexity index is 337. The van der Waals surface area contributed by atoms with Crippen LogP contribution in [0.5, 0.6) is 0 Å². The van der Waals surface area contributed by atoms with Gasteiger partial charge in [0.1, 0.15) is 6.29 Å². The lowest BCUT2D eigenvalue weighted by atomic mass is 9.85. The molecule has 0 fully saturated rings. The van der Waals surface area contributed by atoms with Crippen LogP contribution in [0.3, 0.4) is 0 Å². The molecule has 0 saturated carbocycles. The highest BCUT2D eigenvalue weighted by Gasteiger charge is 2.26. The largest absolute Gasteiger partial charge is 0.302 e. The average Bonchev–Trinajstić information content (AvgIpc) is 2.27. The molecule has 0 aliphatic rings. The van der Waals surface area contributed by atoms with E-state index in [2.05, 4.69) is 5.10 Å². The quantitative estimate of drug-likeness (QED) is 0.647. The Kier molecular flexibility index (Phi) is 2.28. The normalized spacial score (nSPS) is 11.8. The first-order valence-electron chi connectivity index (χ1n) is 4.37. The van der Waals surface area contributed by atoms with Gasteiger partial charge in [-0.15, -0.1) is 0 Å². The van der Waals surface area contributed by atoms with E-state index in [1.807, 2.05) is 39.4 Å². The molecule has 0 aromatic carbocycles. The highest BCUT2D eigenvalue weighted by Crippen LogP contribution is 2.26. The van der Waals surface area contributed by atoms with Crippen molar-refractivity contribution in [2.45, 2.75) is 33.1 Å². The molecule has 0 unspecified atom stereocenters. The van der Waals surface area contributed by atoms with Crippen molar-refractivity contribution < 1.29 is 4.79 Å². The van der Waals surface area contributed by atoms with Gasteiger partial charge >= 0.3 is 0 Å². The van der Waals surface area contributed by atoms with Gasteiger partial charge in [-0.25, -0.2) is 0 Å². The summed E-state index contributed by atoms with van der Waals surface area (Å²) in [4.78, 5) is 10.9. The summed E-state index contributed by atoms with van der Waals surface area (Å²) >= 11 is 0. The van der Waals surface area contributed by atoms with E-state index in [-0.39, 0.29) is 0 Å². The standard InChI is InChI=1S/C10H16N2O/c1-7-9(10(3,4)6-13)8(2)12(5)11-7/h6H,1-5H3. The van der Waals surface area contributed by atoms with Crippen LogP contribution in [0, 0.1) is 13.8 Å². The first kappa shape index (κ1) is 9.96. The summed E-state index contributed by atoms with van der Waals surface area (Å²) in [7, 11) is 1.90. The molecule has 0 spiro atoms. The molecule has 1 heterocycles. The number of aldehydes is 1. The monoisotopic (exact) mass is 180 g/mol. The predicted octanol–water partition coefficient (Wildman–Crippen LogP) is 1.51. The summed E-state index contributed by atoms with van der Waals surface area (Å²) < 4.78 is 1.82. The minimum atomic E-state index is -0.428. The van der Waals surface area contributed by atoms with Crippen LogP contribution in [0.2, 0.25) is 0 Å². The number of rotatable bonds is 2. The minimum absolute atomic E-state index is 0.428. The molecule has 0 amide bonds.